The van der Waals surface area contributed by atoms with Gasteiger partial charge in [-0.15, -0.1) is 0 Å². The van der Waals surface area contributed by atoms with Crippen molar-refractivity contribution in [2.75, 3.05) is 19.8 Å². The molecule has 164 valence electrons. The van der Waals surface area contributed by atoms with Crippen LogP contribution in [0.2, 0.25) is 0 Å². The van der Waals surface area contributed by atoms with Crippen LogP contribution in [0.15, 0.2) is 60.7 Å². The van der Waals surface area contributed by atoms with Crippen molar-refractivity contribution in [3.05, 3.63) is 71.8 Å². The van der Waals surface area contributed by atoms with Crippen LogP contribution in [0.1, 0.15) is 20.7 Å². The quantitative estimate of drug-likeness (QED) is 0.250. The molecule has 6 nitrogen and oxygen atoms in total. The predicted molar refractivity (Wildman–Crippen MR) is 134 cm³/mol. The van der Waals surface area contributed by atoms with Gasteiger partial charge in [-0.1, -0.05) is 47.3 Å². The van der Waals surface area contributed by atoms with E-state index in [-0.39, 0.29) is 31.6 Å². The zero-order valence-corrected chi connectivity index (χ0v) is 18.7. The van der Waals surface area contributed by atoms with Gasteiger partial charge in [0.25, 0.3) is 11.8 Å². The van der Waals surface area contributed by atoms with Gasteiger partial charge in [0, 0.05) is 21.8 Å². The lowest BCUT2D eigenvalue weighted by Gasteiger charge is -2.17. The van der Waals surface area contributed by atoms with Gasteiger partial charge in [-0.2, -0.15) is 0 Å². The van der Waals surface area contributed by atoms with Crippen molar-refractivity contribution in [2.24, 2.45) is 0 Å². The number of aromatic nitrogens is 1. The third-order valence-electron chi connectivity index (χ3n) is 6.22. The molecule has 33 heavy (non-hydrogen) atoms. The van der Waals surface area contributed by atoms with Gasteiger partial charge in [0.1, 0.15) is 15.7 Å². The number of carbonyl (C=O) groups excluding carboxylic acids is 2. The van der Waals surface area contributed by atoms with Crippen LogP contribution < -0.4 is 10.9 Å². The van der Waals surface area contributed by atoms with E-state index in [2.05, 4.69) is 56.7 Å². The molecule has 3 aromatic carbocycles. The van der Waals surface area contributed by atoms with Gasteiger partial charge in [-0.25, -0.2) is 0 Å². The summed E-state index contributed by atoms with van der Waals surface area (Å²) in [5, 5.41) is 13.0. The molecule has 0 saturated heterocycles. The lowest BCUT2D eigenvalue weighted by Crippen LogP contribution is -2.34. The fraction of sp³-hybridized carbons (Fsp3) is 0.200. The van der Waals surface area contributed by atoms with Crippen LogP contribution in [-0.4, -0.2) is 67.9 Å². The van der Waals surface area contributed by atoms with Gasteiger partial charge in [-0.3, -0.25) is 14.5 Å². The molecule has 0 radical (unpaired) electrons. The summed E-state index contributed by atoms with van der Waals surface area (Å²) >= 11 is 0. The minimum Gasteiger partial charge on any atom is -0.389 e. The Morgan fingerprint density at radius 3 is 1.94 bits per heavy atom. The number of imide groups is 1. The van der Waals surface area contributed by atoms with E-state index >= 15 is 0 Å². The van der Waals surface area contributed by atoms with E-state index in [1.54, 1.807) is 24.3 Å². The number of hydrogen-bond acceptors (Lipinski definition) is 4. The Morgan fingerprint density at radius 1 is 0.848 bits per heavy atom. The molecule has 1 aromatic heterocycles. The van der Waals surface area contributed by atoms with Crippen LogP contribution in [0, 0.1) is 0 Å². The molecule has 1 N–H and O–H groups in total. The Labute approximate surface area is 193 Å². The molecule has 0 aliphatic carbocycles. The SMILES string of the molecule is Bc1ccc2c(c1)c1cc(B)ccc1n2CC(O)COCCN1C(=O)c2ccccc2C1=O. The highest BCUT2D eigenvalue weighted by atomic mass is 16.5. The lowest BCUT2D eigenvalue weighted by molar-refractivity contribution is 0.0209. The largest absolute Gasteiger partial charge is 0.389 e. The molecule has 0 spiro atoms. The summed E-state index contributed by atoms with van der Waals surface area (Å²) in [5.74, 6) is -0.591. The average Bonchev–Trinajstić information content (AvgIpc) is 3.23. The predicted octanol–water partition coefficient (Wildman–Crippen LogP) is -0.0150. The van der Waals surface area contributed by atoms with Crippen molar-refractivity contribution < 1.29 is 19.4 Å². The molecular weight excluding hydrogens is 414 g/mol. The summed E-state index contributed by atoms with van der Waals surface area (Å²) in [6.07, 6.45) is -0.728. The second kappa shape index (κ2) is 8.54. The second-order valence-corrected chi connectivity index (χ2v) is 8.69. The van der Waals surface area contributed by atoms with E-state index in [1.807, 2.05) is 0 Å². The van der Waals surface area contributed by atoms with Gasteiger partial charge >= 0.3 is 0 Å². The molecule has 0 fully saturated rings. The molecule has 0 saturated carbocycles. The molecule has 1 aliphatic rings. The number of amides is 2. The fourth-order valence-electron chi connectivity index (χ4n) is 4.61. The lowest BCUT2D eigenvalue weighted by atomic mass is 9.92. The Kier molecular flexibility index (Phi) is 5.56. The number of benzene rings is 3. The highest BCUT2D eigenvalue weighted by molar-refractivity contribution is 6.35. The molecular formula is C25H24B2N2O4. The molecule has 1 atom stereocenters. The summed E-state index contributed by atoms with van der Waals surface area (Å²) in [7, 11) is 4.16. The standard InChI is InChI=1S/C25H24B2N2O4/c26-15-5-7-22-20(11-15)21-12-16(27)6-8-23(21)29(22)13-17(30)14-33-10-9-28-24(31)18-3-1-2-4-19(18)25(28)32/h1-8,11-12,17,30H,9-10,13-14,26-27H2. The summed E-state index contributed by atoms with van der Waals surface area (Å²) in [6, 6.07) is 19.5. The molecule has 1 unspecified atom stereocenters. The van der Waals surface area contributed by atoms with E-state index in [9.17, 15) is 14.7 Å². The number of carbonyl (C=O) groups is 2. The maximum Gasteiger partial charge on any atom is 0.261 e. The maximum absolute atomic E-state index is 12.4. The second-order valence-electron chi connectivity index (χ2n) is 8.69. The molecule has 5 rings (SSSR count). The van der Waals surface area contributed by atoms with E-state index in [4.69, 9.17) is 4.74 Å². The first-order valence-electron chi connectivity index (χ1n) is 11.1. The first-order chi connectivity index (χ1) is 15.9. The topological polar surface area (TPSA) is 71.8 Å². The van der Waals surface area contributed by atoms with Crippen LogP contribution in [0.5, 0.6) is 0 Å². The van der Waals surface area contributed by atoms with E-state index < -0.39 is 6.10 Å². The van der Waals surface area contributed by atoms with Crippen LogP contribution in [0.25, 0.3) is 21.8 Å². The number of nitrogens with zero attached hydrogens (tertiary/aromatic N) is 2. The Morgan fingerprint density at radius 2 is 1.39 bits per heavy atom. The summed E-state index contributed by atoms with van der Waals surface area (Å²) in [6.45, 7) is 0.836. The van der Waals surface area contributed by atoms with Crippen LogP contribution >= 0.6 is 0 Å². The number of aliphatic hydroxyl groups excluding tert-OH is 1. The van der Waals surface area contributed by atoms with Crippen LogP contribution in [0.3, 0.4) is 0 Å². The van der Waals surface area contributed by atoms with E-state index in [1.165, 1.54) is 26.6 Å². The van der Waals surface area contributed by atoms with Crippen LogP contribution in [-0.2, 0) is 11.3 Å². The normalized spacial score (nSPS) is 14.4. The summed E-state index contributed by atoms with van der Waals surface area (Å²) in [4.78, 5) is 26.1. The van der Waals surface area contributed by atoms with Crippen molar-refractivity contribution in [1.29, 1.82) is 0 Å². The van der Waals surface area contributed by atoms with Gasteiger partial charge in [0.05, 0.1) is 43.5 Å². The molecule has 4 aromatic rings. The van der Waals surface area contributed by atoms with Gasteiger partial charge in [-0.05, 0) is 24.3 Å². The minimum atomic E-state index is -0.728. The minimum absolute atomic E-state index is 0.113. The zero-order chi connectivity index (χ0) is 23.1. The highest BCUT2D eigenvalue weighted by Crippen LogP contribution is 2.28. The average molecular weight is 438 g/mol. The van der Waals surface area contributed by atoms with E-state index in [0.29, 0.717) is 17.7 Å². The molecule has 2 amide bonds. The van der Waals surface area contributed by atoms with Crippen molar-refractivity contribution in [1.82, 2.24) is 9.47 Å². The molecule has 1 aliphatic heterocycles. The van der Waals surface area contributed by atoms with Gasteiger partial charge < -0.3 is 14.4 Å². The Bertz CT molecular complexity index is 1300. The van der Waals surface area contributed by atoms with E-state index in [0.717, 1.165) is 11.0 Å². The van der Waals surface area contributed by atoms with Crippen molar-refractivity contribution in [3.63, 3.8) is 0 Å². The Hall–Kier alpha value is -3.35. The number of hydrogen-bond donors (Lipinski definition) is 1. The number of fused-ring (bicyclic) bond motifs is 4. The third kappa shape index (κ3) is 3.86. The highest BCUT2D eigenvalue weighted by Gasteiger charge is 2.34. The van der Waals surface area contributed by atoms with Crippen molar-refractivity contribution in [3.8, 4) is 0 Å². The Balaban J connectivity index is 1.24. The van der Waals surface area contributed by atoms with Crippen molar-refractivity contribution >= 4 is 60.2 Å². The number of ether oxygens (including phenoxy) is 1. The smallest absolute Gasteiger partial charge is 0.261 e. The van der Waals surface area contributed by atoms with Crippen LogP contribution in [0.4, 0.5) is 0 Å². The van der Waals surface area contributed by atoms with Gasteiger partial charge in [0.15, 0.2) is 0 Å². The fourth-order valence-corrected chi connectivity index (χ4v) is 4.61. The van der Waals surface area contributed by atoms with Crippen molar-refractivity contribution in [2.45, 2.75) is 12.6 Å². The van der Waals surface area contributed by atoms with Gasteiger partial charge in [0.2, 0.25) is 0 Å². The molecule has 0 bridgehead atoms. The summed E-state index contributed by atoms with van der Waals surface area (Å²) in [5.41, 5.74) is 5.40. The monoisotopic (exact) mass is 438 g/mol. The number of aliphatic hydroxyl groups is 1. The maximum atomic E-state index is 12.4. The zero-order valence-electron chi connectivity index (χ0n) is 18.7. The number of rotatable bonds is 7. The molecule has 2 heterocycles. The summed E-state index contributed by atoms with van der Waals surface area (Å²) < 4.78 is 7.78. The third-order valence-corrected chi connectivity index (χ3v) is 6.22. The first kappa shape index (κ1) is 21.5. The molecule has 8 heteroatoms. The first-order valence-corrected chi connectivity index (χ1v) is 11.1.